The molecule has 1 aliphatic carbocycles. The molecule has 3 N–H and O–H groups in total. The summed E-state index contributed by atoms with van der Waals surface area (Å²) in [5, 5.41) is 3.60. The number of aromatic nitrogens is 4. The highest BCUT2D eigenvalue weighted by Gasteiger charge is 2.19. The molecule has 0 amide bonds. The molecule has 2 heterocycles. The van der Waals surface area contributed by atoms with Gasteiger partial charge in [0.15, 0.2) is 0 Å². The van der Waals surface area contributed by atoms with Crippen molar-refractivity contribution in [2.75, 3.05) is 17.3 Å². The molecule has 3 rings (SSSR count). The Kier molecular flexibility index (Phi) is 4.88. The van der Waals surface area contributed by atoms with Crippen LogP contribution >= 0.6 is 11.6 Å². The quantitative estimate of drug-likeness (QED) is 0.829. The predicted molar refractivity (Wildman–Crippen MR) is 91.0 cm³/mol. The van der Waals surface area contributed by atoms with Gasteiger partial charge in [0.1, 0.15) is 11.6 Å². The number of nitrogens with one attached hydrogen (secondary N) is 1. The molecule has 0 aromatic carbocycles. The third kappa shape index (κ3) is 4.05. The van der Waals surface area contributed by atoms with E-state index in [0.29, 0.717) is 23.8 Å². The molecule has 23 heavy (non-hydrogen) atoms. The van der Waals surface area contributed by atoms with Crippen LogP contribution in [0.3, 0.4) is 0 Å². The fourth-order valence-electron chi connectivity index (χ4n) is 2.68. The van der Waals surface area contributed by atoms with Crippen LogP contribution in [0.5, 0.6) is 0 Å². The average Bonchev–Trinajstić information content (AvgIpc) is 2.56. The molecule has 0 atom stereocenters. The molecule has 0 spiro atoms. The molecule has 122 valence electrons. The van der Waals surface area contributed by atoms with Crippen molar-refractivity contribution in [2.24, 2.45) is 5.73 Å². The van der Waals surface area contributed by atoms with Gasteiger partial charge in [-0.05, 0) is 49.4 Å². The zero-order valence-corrected chi connectivity index (χ0v) is 13.7. The van der Waals surface area contributed by atoms with Crippen LogP contribution in [0.4, 0.5) is 17.6 Å². The SMILES string of the molecule is CN(c1ccnc(Cl)n1)c1ccnc(NC2CCC(N)CC2)n1. The molecule has 1 saturated carbocycles. The highest BCUT2D eigenvalue weighted by Crippen LogP contribution is 2.23. The number of nitrogens with zero attached hydrogens (tertiary/aromatic N) is 5. The van der Waals surface area contributed by atoms with Gasteiger partial charge in [-0.2, -0.15) is 4.98 Å². The van der Waals surface area contributed by atoms with Crippen molar-refractivity contribution in [3.8, 4) is 0 Å². The van der Waals surface area contributed by atoms with Gasteiger partial charge in [0, 0.05) is 31.5 Å². The van der Waals surface area contributed by atoms with Crippen molar-refractivity contribution in [1.29, 1.82) is 0 Å². The highest BCUT2D eigenvalue weighted by molar-refractivity contribution is 6.28. The van der Waals surface area contributed by atoms with E-state index in [9.17, 15) is 0 Å². The number of anilines is 3. The summed E-state index contributed by atoms with van der Waals surface area (Å²) in [6, 6.07) is 4.32. The molecule has 1 aliphatic rings. The zero-order valence-electron chi connectivity index (χ0n) is 13.0. The highest BCUT2D eigenvalue weighted by atomic mass is 35.5. The zero-order chi connectivity index (χ0) is 16.2. The summed E-state index contributed by atoms with van der Waals surface area (Å²) in [5.41, 5.74) is 5.94. The van der Waals surface area contributed by atoms with Crippen molar-refractivity contribution in [1.82, 2.24) is 19.9 Å². The summed E-state index contributed by atoms with van der Waals surface area (Å²) in [5.74, 6) is 2.04. The van der Waals surface area contributed by atoms with E-state index in [-0.39, 0.29) is 5.28 Å². The van der Waals surface area contributed by atoms with E-state index in [2.05, 4.69) is 25.3 Å². The molecule has 0 unspecified atom stereocenters. The fraction of sp³-hybridized carbons (Fsp3) is 0.467. The van der Waals surface area contributed by atoms with Crippen LogP contribution in [0.15, 0.2) is 24.5 Å². The second-order valence-corrected chi connectivity index (χ2v) is 6.08. The fourth-order valence-corrected chi connectivity index (χ4v) is 2.82. The van der Waals surface area contributed by atoms with E-state index in [1.807, 2.05) is 18.0 Å². The molecule has 1 fully saturated rings. The molecule has 0 bridgehead atoms. The summed E-state index contributed by atoms with van der Waals surface area (Å²) in [4.78, 5) is 18.8. The summed E-state index contributed by atoms with van der Waals surface area (Å²) < 4.78 is 0. The molecule has 0 aliphatic heterocycles. The van der Waals surface area contributed by atoms with E-state index >= 15 is 0 Å². The average molecular weight is 334 g/mol. The second kappa shape index (κ2) is 7.06. The van der Waals surface area contributed by atoms with Crippen molar-refractivity contribution >= 4 is 29.2 Å². The van der Waals surface area contributed by atoms with Crippen LogP contribution in [0, 0.1) is 0 Å². The molecule has 8 heteroatoms. The van der Waals surface area contributed by atoms with E-state index in [1.165, 1.54) is 0 Å². The first kappa shape index (κ1) is 15.9. The van der Waals surface area contributed by atoms with Gasteiger partial charge < -0.3 is 16.0 Å². The van der Waals surface area contributed by atoms with Gasteiger partial charge in [-0.1, -0.05) is 0 Å². The Morgan fingerprint density at radius 2 is 1.74 bits per heavy atom. The largest absolute Gasteiger partial charge is 0.351 e. The van der Waals surface area contributed by atoms with Crippen LogP contribution in [-0.4, -0.2) is 39.1 Å². The maximum atomic E-state index is 5.94. The van der Waals surface area contributed by atoms with Crippen LogP contribution < -0.4 is 16.0 Å². The van der Waals surface area contributed by atoms with Gasteiger partial charge in [0.25, 0.3) is 0 Å². The van der Waals surface area contributed by atoms with Crippen LogP contribution in [-0.2, 0) is 0 Å². The number of hydrogen-bond acceptors (Lipinski definition) is 7. The lowest BCUT2D eigenvalue weighted by Gasteiger charge is -2.27. The number of rotatable bonds is 4. The van der Waals surface area contributed by atoms with E-state index < -0.39 is 0 Å². The van der Waals surface area contributed by atoms with Crippen molar-refractivity contribution in [2.45, 2.75) is 37.8 Å². The molecule has 7 nitrogen and oxygen atoms in total. The lowest BCUT2D eigenvalue weighted by Crippen LogP contribution is -2.33. The lowest BCUT2D eigenvalue weighted by molar-refractivity contribution is 0.410. The molecular formula is C15H20ClN7. The topological polar surface area (TPSA) is 92.9 Å². The van der Waals surface area contributed by atoms with Gasteiger partial charge in [0.2, 0.25) is 11.2 Å². The summed E-state index contributed by atoms with van der Waals surface area (Å²) >= 11 is 5.84. The van der Waals surface area contributed by atoms with Crippen LogP contribution in [0.25, 0.3) is 0 Å². The first-order valence-corrected chi connectivity index (χ1v) is 8.07. The summed E-state index contributed by atoms with van der Waals surface area (Å²) in [6.07, 6.45) is 7.52. The Morgan fingerprint density at radius 3 is 2.43 bits per heavy atom. The Bertz CT molecular complexity index is 658. The van der Waals surface area contributed by atoms with Crippen LogP contribution in [0.1, 0.15) is 25.7 Å². The molecule has 2 aromatic rings. The third-order valence-electron chi connectivity index (χ3n) is 4.04. The van der Waals surface area contributed by atoms with Crippen molar-refractivity contribution < 1.29 is 0 Å². The Hall–Kier alpha value is -1.99. The van der Waals surface area contributed by atoms with Gasteiger partial charge in [-0.25, -0.2) is 15.0 Å². The first-order chi connectivity index (χ1) is 11.1. The normalized spacial score (nSPS) is 21.0. The standard InChI is InChI=1S/C15H20ClN7/c1-23(12-6-8-18-14(16)21-12)13-7-9-19-15(22-13)20-11-4-2-10(17)3-5-11/h6-11H,2-5,17H2,1H3,(H,19,20,22). The maximum Gasteiger partial charge on any atom is 0.224 e. The Balaban J connectivity index is 1.72. The third-order valence-corrected chi connectivity index (χ3v) is 4.23. The number of hydrogen-bond donors (Lipinski definition) is 2. The molecular weight excluding hydrogens is 314 g/mol. The minimum absolute atomic E-state index is 0.209. The lowest BCUT2D eigenvalue weighted by atomic mass is 9.92. The van der Waals surface area contributed by atoms with E-state index in [4.69, 9.17) is 17.3 Å². The predicted octanol–water partition coefficient (Wildman–Crippen LogP) is 2.37. The monoisotopic (exact) mass is 333 g/mol. The van der Waals surface area contributed by atoms with Gasteiger partial charge >= 0.3 is 0 Å². The van der Waals surface area contributed by atoms with Crippen LogP contribution in [0.2, 0.25) is 5.28 Å². The van der Waals surface area contributed by atoms with Gasteiger partial charge in [-0.15, -0.1) is 0 Å². The van der Waals surface area contributed by atoms with Gasteiger partial charge in [0.05, 0.1) is 0 Å². The molecule has 0 saturated heterocycles. The smallest absolute Gasteiger partial charge is 0.224 e. The maximum absolute atomic E-state index is 5.94. The van der Waals surface area contributed by atoms with Crippen molar-refractivity contribution in [3.05, 3.63) is 29.8 Å². The Labute approximate surface area is 140 Å². The number of nitrogens with two attached hydrogens (primary N) is 1. The summed E-state index contributed by atoms with van der Waals surface area (Å²) in [7, 11) is 1.88. The second-order valence-electron chi connectivity index (χ2n) is 5.74. The Morgan fingerprint density at radius 1 is 1.09 bits per heavy atom. The van der Waals surface area contributed by atoms with E-state index in [1.54, 1.807) is 18.5 Å². The van der Waals surface area contributed by atoms with Crippen molar-refractivity contribution in [3.63, 3.8) is 0 Å². The minimum atomic E-state index is 0.209. The molecule has 2 aromatic heterocycles. The van der Waals surface area contributed by atoms with E-state index in [0.717, 1.165) is 31.5 Å². The van der Waals surface area contributed by atoms with Gasteiger partial charge in [-0.3, -0.25) is 0 Å². The molecule has 0 radical (unpaired) electrons. The first-order valence-electron chi connectivity index (χ1n) is 7.69. The number of halogens is 1. The minimum Gasteiger partial charge on any atom is -0.351 e. The summed E-state index contributed by atoms with van der Waals surface area (Å²) in [6.45, 7) is 0.